The largest absolute Gasteiger partial charge is 0.493 e. The van der Waals surface area contributed by atoms with Crippen LogP contribution in [0.3, 0.4) is 0 Å². The van der Waals surface area contributed by atoms with Gasteiger partial charge in [0.2, 0.25) is 0 Å². The average Bonchev–Trinajstić information content (AvgIpc) is 3.11. The summed E-state index contributed by atoms with van der Waals surface area (Å²) in [7, 11) is 0. The fraction of sp³-hybridized carbons (Fsp3) is 0.375. The molecule has 0 fully saturated rings. The molecule has 1 aromatic carbocycles. The molecule has 2 heterocycles. The quantitative estimate of drug-likeness (QED) is 0.398. The average molecular weight is 461 g/mol. The maximum Gasteiger partial charge on any atom is 0.433 e. The van der Waals surface area contributed by atoms with Crippen LogP contribution in [0.25, 0.3) is 11.4 Å². The lowest BCUT2D eigenvalue weighted by Gasteiger charge is -2.15. The van der Waals surface area contributed by atoms with Crippen LogP contribution >= 0.6 is 0 Å². The van der Waals surface area contributed by atoms with E-state index < -0.39 is 17.8 Å². The molecule has 6 nitrogen and oxygen atoms in total. The first kappa shape index (κ1) is 24.3. The number of carbonyl (C=O) groups is 1. The number of benzene rings is 1. The molecule has 2 aromatic heterocycles. The van der Waals surface area contributed by atoms with Crippen molar-refractivity contribution in [3.8, 4) is 17.1 Å². The van der Waals surface area contributed by atoms with Gasteiger partial charge in [0.25, 0.3) is 0 Å². The van der Waals surface area contributed by atoms with Crippen molar-refractivity contribution >= 4 is 5.97 Å². The Bertz CT molecular complexity index is 1080. The summed E-state index contributed by atoms with van der Waals surface area (Å²) in [4.78, 5) is 18.7. The standard InChI is InChI=1S/C24H26F3N3O3/c1-16(12-22(31)32)6-5-11-33-20-8-4-3-7-19(20)15-30-17(2)13-29-23(30)18-9-10-21(28-14-18)24(25,26)27/h3-4,7-10,13-14,16H,5-6,11-12,15H2,1-2H3,(H,31,32). The fourth-order valence-corrected chi connectivity index (χ4v) is 3.54. The molecule has 0 bridgehead atoms. The molecule has 9 heteroatoms. The molecule has 0 aliphatic carbocycles. The van der Waals surface area contributed by atoms with Crippen molar-refractivity contribution in [2.24, 2.45) is 5.92 Å². The van der Waals surface area contributed by atoms with Crippen molar-refractivity contribution in [1.29, 1.82) is 0 Å². The molecular formula is C24H26F3N3O3. The molecule has 0 aliphatic rings. The van der Waals surface area contributed by atoms with E-state index in [0.29, 0.717) is 30.3 Å². The van der Waals surface area contributed by atoms with Crippen LogP contribution in [-0.4, -0.2) is 32.2 Å². The monoisotopic (exact) mass is 461 g/mol. The fourth-order valence-electron chi connectivity index (χ4n) is 3.54. The number of pyridine rings is 1. The molecule has 3 rings (SSSR count). The Hall–Kier alpha value is -3.36. The van der Waals surface area contributed by atoms with Crippen LogP contribution < -0.4 is 4.74 Å². The molecule has 0 aliphatic heterocycles. The summed E-state index contributed by atoms with van der Waals surface area (Å²) < 4.78 is 46.4. The summed E-state index contributed by atoms with van der Waals surface area (Å²) in [5.41, 5.74) is 1.29. The van der Waals surface area contributed by atoms with Gasteiger partial charge in [-0.1, -0.05) is 25.1 Å². The number of hydrogen-bond donors (Lipinski definition) is 1. The molecule has 0 radical (unpaired) electrons. The smallest absolute Gasteiger partial charge is 0.433 e. The minimum atomic E-state index is -4.49. The Balaban J connectivity index is 1.72. The van der Waals surface area contributed by atoms with E-state index in [-0.39, 0.29) is 12.3 Å². The van der Waals surface area contributed by atoms with Crippen LogP contribution in [0.2, 0.25) is 0 Å². The van der Waals surface area contributed by atoms with E-state index in [4.69, 9.17) is 9.84 Å². The van der Waals surface area contributed by atoms with Gasteiger partial charge in [-0.15, -0.1) is 0 Å². The molecule has 0 spiro atoms. The van der Waals surface area contributed by atoms with Crippen LogP contribution in [0, 0.1) is 12.8 Å². The normalized spacial score (nSPS) is 12.5. The molecule has 0 saturated carbocycles. The number of carboxylic acid groups (broad SMARTS) is 1. The zero-order chi connectivity index (χ0) is 24.0. The maximum absolute atomic E-state index is 12.8. The van der Waals surface area contributed by atoms with Crippen LogP contribution in [0.5, 0.6) is 5.75 Å². The van der Waals surface area contributed by atoms with Gasteiger partial charge in [0, 0.05) is 35.6 Å². The number of halogens is 3. The highest BCUT2D eigenvalue weighted by atomic mass is 19.4. The Morgan fingerprint density at radius 1 is 1.15 bits per heavy atom. The number of aromatic nitrogens is 3. The van der Waals surface area contributed by atoms with Gasteiger partial charge in [-0.3, -0.25) is 9.78 Å². The molecular weight excluding hydrogens is 435 g/mol. The number of nitrogens with zero attached hydrogens (tertiary/aromatic N) is 3. The van der Waals surface area contributed by atoms with Crippen molar-refractivity contribution in [2.75, 3.05) is 6.61 Å². The third-order valence-corrected chi connectivity index (χ3v) is 5.29. The van der Waals surface area contributed by atoms with E-state index in [9.17, 15) is 18.0 Å². The highest BCUT2D eigenvalue weighted by Gasteiger charge is 2.32. The Kier molecular flexibility index (Phi) is 7.73. The predicted octanol–water partition coefficient (Wildman–Crippen LogP) is 5.59. The third-order valence-electron chi connectivity index (χ3n) is 5.29. The number of hydrogen-bond acceptors (Lipinski definition) is 4. The van der Waals surface area contributed by atoms with E-state index in [0.717, 1.165) is 30.2 Å². The molecule has 0 saturated heterocycles. The molecule has 1 atom stereocenters. The van der Waals surface area contributed by atoms with Gasteiger partial charge >= 0.3 is 12.1 Å². The van der Waals surface area contributed by atoms with Gasteiger partial charge in [-0.05, 0) is 43.9 Å². The van der Waals surface area contributed by atoms with Crippen molar-refractivity contribution in [3.05, 3.63) is 65.7 Å². The van der Waals surface area contributed by atoms with Gasteiger partial charge < -0.3 is 14.4 Å². The van der Waals surface area contributed by atoms with Crippen LogP contribution in [0.1, 0.15) is 43.1 Å². The van der Waals surface area contributed by atoms with E-state index in [1.807, 2.05) is 42.7 Å². The first-order valence-corrected chi connectivity index (χ1v) is 10.6. The predicted molar refractivity (Wildman–Crippen MR) is 117 cm³/mol. The van der Waals surface area contributed by atoms with E-state index in [1.54, 1.807) is 6.20 Å². The maximum atomic E-state index is 12.8. The zero-order valence-electron chi connectivity index (χ0n) is 18.5. The number of para-hydroxylation sites is 1. The number of aliphatic carboxylic acids is 1. The van der Waals surface area contributed by atoms with Crippen LogP contribution in [0.4, 0.5) is 13.2 Å². The lowest BCUT2D eigenvalue weighted by Crippen LogP contribution is -2.09. The number of ether oxygens (including phenoxy) is 1. The zero-order valence-corrected chi connectivity index (χ0v) is 18.5. The Labute approximate surface area is 190 Å². The lowest BCUT2D eigenvalue weighted by molar-refractivity contribution is -0.141. The van der Waals surface area contributed by atoms with Crippen molar-refractivity contribution in [3.63, 3.8) is 0 Å². The molecule has 3 aromatic rings. The summed E-state index contributed by atoms with van der Waals surface area (Å²) >= 11 is 0. The minimum absolute atomic E-state index is 0.0786. The second-order valence-corrected chi connectivity index (χ2v) is 8.04. The molecule has 33 heavy (non-hydrogen) atoms. The van der Waals surface area contributed by atoms with Crippen molar-refractivity contribution in [1.82, 2.24) is 14.5 Å². The Morgan fingerprint density at radius 3 is 2.58 bits per heavy atom. The minimum Gasteiger partial charge on any atom is -0.493 e. The molecule has 1 N–H and O–H groups in total. The highest BCUT2D eigenvalue weighted by Crippen LogP contribution is 2.30. The first-order chi connectivity index (χ1) is 15.6. The van der Waals surface area contributed by atoms with Gasteiger partial charge in [-0.2, -0.15) is 13.2 Å². The molecule has 176 valence electrons. The van der Waals surface area contributed by atoms with Crippen molar-refractivity contribution < 1.29 is 27.8 Å². The number of imidazole rings is 1. The topological polar surface area (TPSA) is 77.2 Å². The van der Waals surface area contributed by atoms with Gasteiger partial charge in [-0.25, -0.2) is 4.98 Å². The summed E-state index contributed by atoms with van der Waals surface area (Å²) in [5, 5.41) is 8.86. The SMILES string of the molecule is Cc1cnc(-c2ccc(C(F)(F)F)nc2)n1Cc1ccccc1OCCCC(C)CC(=O)O. The van der Waals surface area contributed by atoms with Crippen LogP contribution in [0.15, 0.2) is 48.8 Å². The van der Waals surface area contributed by atoms with E-state index >= 15 is 0 Å². The van der Waals surface area contributed by atoms with Crippen LogP contribution in [-0.2, 0) is 17.5 Å². The summed E-state index contributed by atoms with van der Waals surface area (Å²) in [5.74, 6) is 0.498. The number of aryl methyl sites for hydroxylation is 1. The van der Waals surface area contributed by atoms with Crippen molar-refractivity contribution in [2.45, 2.75) is 45.8 Å². The lowest BCUT2D eigenvalue weighted by atomic mass is 10.0. The van der Waals surface area contributed by atoms with E-state index in [2.05, 4.69) is 9.97 Å². The number of alkyl halides is 3. The van der Waals surface area contributed by atoms with Gasteiger partial charge in [0.1, 0.15) is 17.3 Å². The van der Waals surface area contributed by atoms with Gasteiger partial charge in [0.15, 0.2) is 0 Å². The summed E-state index contributed by atoms with van der Waals surface area (Å²) in [6.45, 7) is 4.66. The second-order valence-electron chi connectivity index (χ2n) is 8.04. The summed E-state index contributed by atoms with van der Waals surface area (Å²) in [6.07, 6.45) is -0.0265. The molecule has 0 amide bonds. The van der Waals surface area contributed by atoms with E-state index in [1.165, 1.54) is 12.3 Å². The second kappa shape index (κ2) is 10.5. The van der Waals surface area contributed by atoms with Gasteiger partial charge in [0.05, 0.1) is 13.2 Å². The Morgan fingerprint density at radius 2 is 1.91 bits per heavy atom. The number of carboxylic acids is 1. The first-order valence-electron chi connectivity index (χ1n) is 10.6. The molecule has 1 unspecified atom stereocenters. The third kappa shape index (κ3) is 6.57. The highest BCUT2D eigenvalue weighted by molar-refractivity contribution is 5.66. The number of rotatable bonds is 10. The summed E-state index contributed by atoms with van der Waals surface area (Å²) in [6, 6.07) is 9.87.